The summed E-state index contributed by atoms with van der Waals surface area (Å²) in [6, 6.07) is 14.4. The number of carbonyl (C=O) groups is 1. The maximum Gasteiger partial charge on any atom is 0.203 e. The molecular formula is C17H18O4. The molecule has 0 atom stereocenters. The number of hydrogen-bond acceptors (Lipinski definition) is 4. The first-order valence-corrected chi connectivity index (χ1v) is 6.74. The minimum atomic E-state index is -0.147. The van der Waals surface area contributed by atoms with Gasteiger partial charge in [-0.3, -0.25) is 4.79 Å². The Morgan fingerprint density at radius 1 is 1.05 bits per heavy atom. The number of ketones is 1. The van der Waals surface area contributed by atoms with Gasteiger partial charge in [0.15, 0.2) is 6.61 Å². The Balaban J connectivity index is 2.08. The summed E-state index contributed by atoms with van der Waals surface area (Å²) in [6.07, 6.45) is 0.499. The van der Waals surface area contributed by atoms with Gasteiger partial charge in [-0.15, -0.1) is 0 Å². The molecule has 0 aromatic heterocycles. The number of ether oxygens (including phenoxy) is 2. The van der Waals surface area contributed by atoms with E-state index in [1.165, 1.54) is 7.11 Å². The summed E-state index contributed by atoms with van der Waals surface area (Å²) < 4.78 is 10.8. The van der Waals surface area contributed by atoms with E-state index in [1.54, 1.807) is 24.3 Å². The number of aliphatic hydroxyl groups excluding tert-OH is 1. The van der Waals surface area contributed by atoms with Crippen LogP contribution in [0.4, 0.5) is 0 Å². The Morgan fingerprint density at radius 3 is 2.43 bits per heavy atom. The van der Waals surface area contributed by atoms with Crippen LogP contribution in [0.2, 0.25) is 0 Å². The van der Waals surface area contributed by atoms with Crippen LogP contribution in [-0.4, -0.2) is 31.2 Å². The quantitative estimate of drug-likeness (QED) is 0.795. The SMILES string of the molecule is COc1ccccc1C(=O)COc1ccccc1CCO. The van der Waals surface area contributed by atoms with Crippen molar-refractivity contribution in [1.29, 1.82) is 0 Å². The second-order valence-electron chi connectivity index (χ2n) is 4.49. The summed E-state index contributed by atoms with van der Waals surface area (Å²) in [5, 5.41) is 9.03. The third kappa shape index (κ3) is 3.83. The third-order valence-electron chi connectivity index (χ3n) is 3.12. The summed E-state index contributed by atoms with van der Waals surface area (Å²) in [7, 11) is 1.53. The molecule has 0 heterocycles. The van der Waals surface area contributed by atoms with E-state index < -0.39 is 0 Å². The number of methoxy groups -OCH3 is 1. The smallest absolute Gasteiger partial charge is 0.203 e. The number of Topliss-reactive ketones (excluding diaryl/α,β-unsaturated/α-hetero) is 1. The molecule has 4 heteroatoms. The van der Waals surface area contributed by atoms with Crippen LogP contribution in [0, 0.1) is 0 Å². The van der Waals surface area contributed by atoms with Crippen LogP contribution in [0.5, 0.6) is 11.5 Å². The fourth-order valence-electron chi connectivity index (χ4n) is 2.07. The van der Waals surface area contributed by atoms with E-state index in [1.807, 2.05) is 24.3 Å². The van der Waals surface area contributed by atoms with Gasteiger partial charge in [0, 0.05) is 6.61 Å². The summed E-state index contributed by atoms with van der Waals surface area (Å²) in [6.45, 7) is -0.0242. The lowest BCUT2D eigenvalue weighted by molar-refractivity contribution is 0.0917. The second-order valence-corrected chi connectivity index (χ2v) is 4.49. The molecule has 110 valence electrons. The molecule has 0 aliphatic rings. The molecule has 0 unspecified atom stereocenters. The van der Waals surface area contributed by atoms with E-state index in [2.05, 4.69) is 0 Å². The fourth-order valence-corrected chi connectivity index (χ4v) is 2.07. The van der Waals surface area contributed by atoms with Crippen molar-refractivity contribution in [2.24, 2.45) is 0 Å². The number of benzene rings is 2. The van der Waals surface area contributed by atoms with Crippen molar-refractivity contribution in [3.63, 3.8) is 0 Å². The Hall–Kier alpha value is -2.33. The first-order valence-electron chi connectivity index (χ1n) is 6.74. The summed E-state index contributed by atoms with van der Waals surface area (Å²) in [5.74, 6) is 1.01. The third-order valence-corrected chi connectivity index (χ3v) is 3.12. The van der Waals surface area contributed by atoms with Crippen molar-refractivity contribution in [3.8, 4) is 11.5 Å². The predicted octanol–water partition coefficient (Wildman–Crippen LogP) is 2.49. The fraction of sp³-hybridized carbons (Fsp3) is 0.235. The lowest BCUT2D eigenvalue weighted by Crippen LogP contribution is -2.13. The van der Waals surface area contributed by atoms with Crippen molar-refractivity contribution < 1.29 is 19.4 Å². The van der Waals surface area contributed by atoms with Gasteiger partial charge in [0.2, 0.25) is 5.78 Å². The van der Waals surface area contributed by atoms with E-state index in [4.69, 9.17) is 14.6 Å². The molecule has 0 saturated carbocycles. The zero-order valence-corrected chi connectivity index (χ0v) is 11.9. The molecule has 0 bridgehead atoms. The van der Waals surface area contributed by atoms with E-state index in [9.17, 15) is 4.79 Å². The lowest BCUT2D eigenvalue weighted by Gasteiger charge is -2.11. The molecule has 0 saturated heterocycles. The van der Waals surface area contributed by atoms with Gasteiger partial charge in [0.25, 0.3) is 0 Å². The topological polar surface area (TPSA) is 55.8 Å². The van der Waals surface area contributed by atoms with Crippen LogP contribution < -0.4 is 9.47 Å². The van der Waals surface area contributed by atoms with Gasteiger partial charge in [0.1, 0.15) is 11.5 Å². The van der Waals surface area contributed by atoms with Gasteiger partial charge in [0.05, 0.1) is 12.7 Å². The molecule has 2 aromatic carbocycles. The number of aliphatic hydroxyl groups is 1. The summed E-state index contributed by atoms with van der Waals surface area (Å²) >= 11 is 0. The van der Waals surface area contributed by atoms with Crippen LogP contribution in [0.1, 0.15) is 15.9 Å². The predicted molar refractivity (Wildman–Crippen MR) is 80.1 cm³/mol. The summed E-state index contributed by atoms with van der Waals surface area (Å²) in [5.41, 5.74) is 1.38. The minimum Gasteiger partial charge on any atom is -0.496 e. The summed E-state index contributed by atoms with van der Waals surface area (Å²) in [4.78, 5) is 12.2. The van der Waals surface area contributed by atoms with E-state index in [-0.39, 0.29) is 19.0 Å². The standard InChI is InChI=1S/C17H18O4/c1-20-17-9-5-3-7-14(17)15(19)12-21-16-8-4-2-6-13(16)10-11-18/h2-9,18H,10-12H2,1H3. The molecule has 4 nitrogen and oxygen atoms in total. The largest absolute Gasteiger partial charge is 0.496 e. The number of hydrogen-bond donors (Lipinski definition) is 1. The molecule has 1 N–H and O–H groups in total. The Bertz CT molecular complexity index is 607. The van der Waals surface area contributed by atoms with E-state index >= 15 is 0 Å². The molecule has 0 fully saturated rings. The highest BCUT2D eigenvalue weighted by atomic mass is 16.5. The van der Waals surface area contributed by atoms with Crippen molar-refractivity contribution in [1.82, 2.24) is 0 Å². The minimum absolute atomic E-state index is 0.0425. The zero-order valence-electron chi connectivity index (χ0n) is 11.9. The van der Waals surface area contributed by atoms with Crippen LogP contribution >= 0.6 is 0 Å². The average molecular weight is 286 g/mol. The first-order chi connectivity index (χ1) is 10.3. The maximum absolute atomic E-state index is 12.2. The van der Waals surface area contributed by atoms with Crippen molar-refractivity contribution in [2.75, 3.05) is 20.3 Å². The second kappa shape index (κ2) is 7.45. The molecule has 0 aliphatic carbocycles. The van der Waals surface area contributed by atoms with Gasteiger partial charge in [-0.1, -0.05) is 30.3 Å². The van der Waals surface area contributed by atoms with Crippen molar-refractivity contribution in [3.05, 3.63) is 59.7 Å². The Labute approximate surface area is 123 Å². The van der Waals surface area contributed by atoms with Crippen LogP contribution in [0.3, 0.4) is 0 Å². The maximum atomic E-state index is 12.2. The van der Waals surface area contributed by atoms with Crippen LogP contribution in [0.25, 0.3) is 0 Å². The Kier molecular flexibility index (Phi) is 5.35. The van der Waals surface area contributed by atoms with Gasteiger partial charge >= 0.3 is 0 Å². The van der Waals surface area contributed by atoms with Crippen molar-refractivity contribution in [2.45, 2.75) is 6.42 Å². The molecule has 21 heavy (non-hydrogen) atoms. The van der Waals surface area contributed by atoms with Gasteiger partial charge in [-0.2, -0.15) is 0 Å². The number of para-hydroxylation sites is 2. The molecule has 2 rings (SSSR count). The average Bonchev–Trinajstić information content (AvgIpc) is 2.54. The molecule has 0 spiro atoms. The molecule has 0 radical (unpaired) electrons. The van der Waals surface area contributed by atoms with E-state index in [0.717, 1.165) is 5.56 Å². The molecule has 0 aliphatic heterocycles. The van der Waals surface area contributed by atoms with Gasteiger partial charge in [-0.05, 0) is 30.2 Å². The van der Waals surface area contributed by atoms with Gasteiger partial charge in [-0.25, -0.2) is 0 Å². The Morgan fingerprint density at radius 2 is 1.71 bits per heavy atom. The van der Waals surface area contributed by atoms with Crippen molar-refractivity contribution >= 4 is 5.78 Å². The highest BCUT2D eigenvalue weighted by molar-refractivity contribution is 5.99. The number of carbonyl (C=O) groups excluding carboxylic acids is 1. The normalized spacial score (nSPS) is 10.2. The van der Waals surface area contributed by atoms with Crippen LogP contribution in [-0.2, 0) is 6.42 Å². The first kappa shape index (κ1) is 15.1. The zero-order chi connectivity index (χ0) is 15.1. The van der Waals surface area contributed by atoms with E-state index in [0.29, 0.717) is 23.5 Å². The monoisotopic (exact) mass is 286 g/mol. The highest BCUT2D eigenvalue weighted by Crippen LogP contribution is 2.21. The molecule has 0 amide bonds. The molecular weight excluding hydrogens is 268 g/mol. The van der Waals surface area contributed by atoms with Crippen LogP contribution in [0.15, 0.2) is 48.5 Å². The molecule has 2 aromatic rings. The van der Waals surface area contributed by atoms with Gasteiger partial charge < -0.3 is 14.6 Å². The highest BCUT2D eigenvalue weighted by Gasteiger charge is 2.13. The lowest BCUT2D eigenvalue weighted by atomic mass is 10.1. The number of rotatable bonds is 7.